The number of nitrogens with zero attached hydrogens (tertiary/aromatic N) is 1. The highest BCUT2D eigenvalue weighted by atomic mass is 79.9. The summed E-state index contributed by atoms with van der Waals surface area (Å²) in [6.45, 7) is 1.78. The van der Waals surface area contributed by atoms with Crippen LogP contribution in [0.2, 0.25) is 0 Å². The van der Waals surface area contributed by atoms with Crippen molar-refractivity contribution in [3.05, 3.63) is 35.2 Å². The van der Waals surface area contributed by atoms with Gasteiger partial charge < -0.3 is 4.90 Å². The maximum atomic E-state index is 12.7. The van der Waals surface area contributed by atoms with Crippen molar-refractivity contribution in [3.8, 4) is 0 Å². The third kappa shape index (κ3) is 2.56. The van der Waals surface area contributed by atoms with E-state index < -0.39 is 0 Å². The summed E-state index contributed by atoms with van der Waals surface area (Å²) in [4.78, 5) is 14.7. The van der Waals surface area contributed by atoms with Gasteiger partial charge >= 0.3 is 0 Å². The molecule has 3 rings (SSSR count). The molecule has 0 radical (unpaired) electrons. The summed E-state index contributed by atoms with van der Waals surface area (Å²) in [5.74, 6) is 0.797. The quantitative estimate of drug-likeness (QED) is 0.754. The van der Waals surface area contributed by atoms with Crippen molar-refractivity contribution in [1.82, 2.24) is 4.90 Å². The van der Waals surface area contributed by atoms with Gasteiger partial charge in [0.1, 0.15) is 0 Å². The van der Waals surface area contributed by atoms with Crippen LogP contribution in [0, 0.1) is 5.92 Å². The molecule has 1 aliphatic rings. The van der Waals surface area contributed by atoms with E-state index in [4.69, 9.17) is 0 Å². The minimum absolute atomic E-state index is 0.197. The van der Waals surface area contributed by atoms with Gasteiger partial charge in [-0.15, -0.1) is 11.3 Å². The number of amides is 1. The number of fused-ring (bicyclic) bond motifs is 1. The monoisotopic (exact) mass is 337 g/mol. The first-order valence-electron chi connectivity index (χ1n) is 6.61. The summed E-state index contributed by atoms with van der Waals surface area (Å²) >= 11 is 5.20. The fourth-order valence-electron chi connectivity index (χ4n) is 2.69. The molecule has 2 aromatic rings. The fraction of sp³-hybridized carbons (Fsp3) is 0.400. The highest BCUT2D eigenvalue weighted by molar-refractivity contribution is 9.09. The SMILES string of the molecule is O=C(c1csc2ccccc12)N1CCCC(CBr)C1. The second-order valence-corrected chi connectivity index (χ2v) is 6.62. The summed E-state index contributed by atoms with van der Waals surface area (Å²) < 4.78 is 1.19. The molecule has 100 valence electrons. The van der Waals surface area contributed by atoms with Crippen LogP contribution in [0.4, 0.5) is 0 Å². The number of carbonyl (C=O) groups excluding carboxylic acids is 1. The zero-order valence-corrected chi connectivity index (χ0v) is 13.0. The lowest BCUT2D eigenvalue weighted by molar-refractivity contribution is 0.0688. The molecule has 19 heavy (non-hydrogen) atoms. The number of rotatable bonds is 2. The summed E-state index contributed by atoms with van der Waals surface area (Å²) in [5.41, 5.74) is 0.871. The number of piperidine rings is 1. The lowest BCUT2D eigenvalue weighted by Crippen LogP contribution is -2.40. The van der Waals surface area contributed by atoms with Gasteiger partial charge in [0.2, 0.25) is 0 Å². The minimum atomic E-state index is 0.197. The van der Waals surface area contributed by atoms with E-state index in [9.17, 15) is 4.79 Å². The topological polar surface area (TPSA) is 20.3 Å². The molecule has 1 amide bonds. The smallest absolute Gasteiger partial charge is 0.255 e. The van der Waals surface area contributed by atoms with Crippen LogP contribution in [0.1, 0.15) is 23.2 Å². The van der Waals surface area contributed by atoms with Gasteiger partial charge in [-0.1, -0.05) is 34.1 Å². The number of thiophene rings is 1. The number of benzene rings is 1. The molecule has 1 fully saturated rings. The average Bonchev–Trinajstić information content (AvgIpc) is 2.90. The van der Waals surface area contributed by atoms with Crippen molar-refractivity contribution in [3.63, 3.8) is 0 Å². The van der Waals surface area contributed by atoms with Crippen LogP contribution in [0.25, 0.3) is 10.1 Å². The van der Waals surface area contributed by atoms with Crippen LogP contribution in [-0.4, -0.2) is 29.2 Å². The number of halogens is 1. The van der Waals surface area contributed by atoms with Crippen LogP contribution in [-0.2, 0) is 0 Å². The number of likely N-dealkylation sites (tertiary alicyclic amines) is 1. The van der Waals surface area contributed by atoms with Gasteiger partial charge in [-0.2, -0.15) is 0 Å². The van der Waals surface area contributed by atoms with Crippen LogP contribution in [0.3, 0.4) is 0 Å². The summed E-state index contributed by atoms with van der Waals surface area (Å²) in [6.07, 6.45) is 2.34. The number of alkyl halides is 1. The van der Waals surface area contributed by atoms with E-state index in [0.29, 0.717) is 5.92 Å². The van der Waals surface area contributed by atoms with Gasteiger partial charge in [-0.05, 0) is 24.8 Å². The molecule has 1 atom stereocenters. The standard InChI is InChI=1S/C15H16BrNOS/c16-8-11-4-3-7-17(9-11)15(18)13-10-19-14-6-2-1-5-12(13)14/h1-2,5-6,10-11H,3-4,7-9H2. The Morgan fingerprint density at radius 3 is 3.11 bits per heavy atom. The molecule has 0 bridgehead atoms. The van der Waals surface area contributed by atoms with E-state index in [1.54, 1.807) is 11.3 Å². The number of hydrogen-bond donors (Lipinski definition) is 0. The van der Waals surface area contributed by atoms with Gasteiger partial charge in [0.25, 0.3) is 5.91 Å². The Morgan fingerprint density at radius 2 is 2.26 bits per heavy atom. The Morgan fingerprint density at radius 1 is 1.42 bits per heavy atom. The van der Waals surface area contributed by atoms with Crippen molar-refractivity contribution >= 4 is 43.3 Å². The third-order valence-electron chi connectivity index (χ3n) is 3.74. The van der Waals surface area contributed by atoms with Gasteiger partial charge in [-0.3, -0.25) is 4.79 Å². The van der Waals surface area contributed by atoms with Gasteiger partial charge in [0.15, 0.2) is 0 Å². The van der Waals surface area contributed by atoms with E-state index >= 15 is 0 Å². The first-order valence-corrected chi connectivity index (χ1v) is 8.61. The maximum Gasteiger partial charge on any atom is 0.255 e. The van der Waals surface area contributed by atoms with Crippen molar-refractivity contribution in [2.24, 2.45) is 5.92 Å². The van der Waals surface area contributed by atoms with Gasteiger partial charge in [0, 0.05) is 33.9 Å². The zero-order valence-electron chi connectivity index (χ0n) is 10.6. The first kappa shape index (κ1) is 13.1. The first-order chi connectivity index (χ1) is 9.29. The molecule has 1 saturated heterocycles. The third-order valence-corrected chi connectivity index (χ3v) is 5.61. The van der Waals surface area contributed by atoms with Crippen LogP contribution in [0.15, 0.2) is 29.6 Å². The van der Waals surface area contributed by atoms with Crippen molar-refractivity contribution < 1.29 is 4.79 Å². The highest BCUT2D eigenvalue weighted by Gasteiger charge is 2.25. The molecule has 0 spiro atoms. The van der Waals surface area contributed by atoms with E-state index in [2.05, 4.69) is 22.0 Å². The fourth-order valence-corrected chi connectivity index (χ4v) is 4.15. The highest BCUT2D eigenvalue weighted by Crippen LogP contribution is 2.28. The lowest BCUT2D eigenvalue weighted by Gasteiger charge is -2.31. The lowest BCUT2D eigenvalue weighted by atomic mass is 9.99. The van der Waals surface area contributed by atoms with Crippen LogP contribution >= 0.6 is 27.3 Å². The maximum absolute atomic E-state index is 12.7. The molecule has 2 nitrogen and oxygen atoms in total. The number of carbonyl (C=O) groups is 1. The Labute approximate surface area is 125 Å². The van der Waals surface area contributed by atoms with Gasteiger partial charge in [-0.25, -0.2) is 0 Å². The zero-order chi connectivity index (χ0) is 13.2. The number of hydrogen-bond acceptors (Lipinski definition) is 2. The molecule has 1 unspecified atom stereocenters. The molecular formula is C15H16BrNOS. The van der Waals surface area contributed by atoms with E-state index in [0.717, 1.165) is 35.8 Å². The predicted molar refractivity (Wildman–Crippen MR) is 84.2 cm³/mol. The summed E-state index contributed by atoms with van der Waals surface area (Å²) in [6, 6.07) is 8.15. The summed E-state index contributed by atoms with van der Waals surface area (Å²) in [5, 5.41) is 4.09. The van der Waals surface area contributed by atoms with E-state index in [1.807, 2.05) is 28.5 Å². The van der Waals surface area contributed by atoms with Crippen LogP contribution < -0.4 is 0 Å². The average molecular weight is 338 g/mol. The van der Waals surface area contributed by atoms with Gasteiger partial charge in [0.05, 0.1) is 5.56 Å². The normalized spacial score (nSPS) is 19.8. The molecule has 0 N–H and O–H groups in total. The molecule has 2 heterocycles. The van der Waals surface area contributed by atoms with Crippen molar-refractivity contribution in [2.75, 3.05) is 18.4 Å². The molecule has 1 aromatic carbocycles. The van der Waals surface area contributed by atoms with E-state index in [1.165, 1.54) is 11.1 Å². The second-order valence-electron chi connectivity index (χ2n) is 5.06. The summed E-state index contributed by atoms with van der Waals surface area (Å²) in [7, 11) is 0. The molecule has 4 heteroatoms. The molecule has 1 aromatic heterocycles. The predicted octanol–water partition coefficient (Wildman–Crippen LogP) is 4.15. The Kier molecular flexibility index (Phi) is 3.89. The molecular weight excluding hydrogens is 322 g/mol. The Bertz CT molecular complexity index is 595. The van der Waals surface area contributed by atoms with Crippen molar-refractivity contribution in [2.45, 2.75) is 12.8 Å². The van der Waals surface area contributed by atoms with E-state index in [-0.39, 0.29) is 5.91 Å². The molecule has 0 saturated carbocycles. The largest absolute Gasteiger partial charge is 0.338 e. The second kappa shape index (κ2) is 5.63. The van der Waals surface area contributed by atoms with Crippen molar-refractivity contribution in [1.29, 1.82) is 0 Å². The van der Waals surface area contributed by atoms with Crippen LogP contribution in [0.5, 0.6) is 0 Å². The molecule has 0 aliphatic carbocycles. The minimum Gasteiger partial charge on any atom is -0.338 e. The Hall–Kier alpha value is -0.870. The Balaban J connectivity index is 1.87. The molecule has 1 aliphatic heterocycles.